The Morgan fingerprint density at radius 1 is 1.40 bits per heavy atom. The van der Waals surface area contributed by atoms with Crippen LogP contribution in [0.3, 0.4) is 0 Å². The Balaban J connectivity index is 2.32. The summed E-state index contributed by atoms with van der Waals surface area (Å²) in [5.74, 6) is -0.516. The van der Waals surface area contributed by atoms with Crippen LogP contribution in [-0.4, -0.2) is 37.8 Å². The van der Waals surface area contributed by atoms with Crippen LogP contribution in [0, 0.1) is 0 Å². The Hall–Kier alpha value is -1.58. The average molecular weight is 397 g/mol. The molecule has 1 saturated carbocycles. The highest BCUT2D eigenvalue weighted by Gasteiger charge is 2.36. The molecule has 0 unspecified atom stereocenters. The number of carbonyl (C=O) groups is 1. The summed E-state index contributed by atoms with van der Waals surface area (Å²) in [6.45, 7) is 2.70. The van der Waals surface area contributed by atoms with E-state index in [1.807, 2.05) is 0 Å². The monoisotopic (exact) mass is 396 g/mol. The second-order valence-corrected chi connectivity index (χ2v) is 7.91. The van der Waals surface area contributed by atoms with Crippen molar-refractivity contribution >= 4 is 27.5 Å². The highest BCUT2D eigenvalue weighted by molar-refractivity contribution is 7.89. The van der Waals surface area contributed by atoms with Crippen LogP contribution in [0.4, 0.5) is 13.2 Å². The molecule has 0 bridgehead atoms. The average Bonchev–Trinajstić information content (AvgIpc) is 3.29. The van der Waals surface area contributed by atoms with Gasteiger partial charge in [-0.25, -0.2) is 8.42 Å². The van der Waals surface area contributed by atoms with Crippen molar-refractivity contribution in [1.82, 2.24) is 9.62 Å². The summed E-state index contributed by atoms with van der Waals surface area (Å²) in [5.41, 5.74) is -1.25. The fraction of sp³-hybridized carbons (Fsp3) is 0.400. The molecule has 0 radical (unpaired) electrons. The first-order valence-electron chi connectivity index (χ1n) is 7.33. The van der Waals surface area contributed by atoms with Crippen molar-refractivity contribution in [2.24, 2.45) is 0 Å². The highest BCUT2D eigenvalue weighted by atomic mass is 35.5. The zero-order chi connectivity index (χ0) is 18.8. The number of halogens is 4. The van der Waals surface area contributed by atoms with Crippen LogP contribution in [0.15, 0.2) is 35.7 Å². The first-order valence-corrected chi connectivity index (χ1v) is 9.14. The molecule has 1 fully saturated rings. The molecule has 0 atom stereocenters. The lowest BCUT2D eigenvalue weighted by molar-refractivity contribution is -0.137. The summed E-state index contributed by atoms with van der Waals surface area (Å²) < 4.78 is 64.9. The van der Waals surface area contributed by atoms with Gasteiger partial charge in [0.15, 0.2) is 0 Å². The maximum Gasteiger partial charge on any atom is 0.417 e. The fourth-order valence-corrected chi connectivity index (χ4v) is 3.70. The van der Waals surface area contributed by atoms with E-state index < -0.39 is 44.1 Å². The summed E-state index contributed by atoms with van der Waals surface area (Å²) >= 11 is 5.51. The van der Waals surface area contributed by atoms with Crippen molar-refractivity contribution in [1.29, 1.82) is 0 Å². The molecule has 25 heavy (non-hydrogen) atoms. The number of nitrogens with one attached hydrogen (secondary N) is 1. The van der Waals surface area contributed by atoms with Crippen LogP contribution in [0.1, 0.15) is 18.4 Å². The smallest absolute Gasteiger partial charge is 0.352 e. The lowest BCUT2D eigenvalue weighted by Gasteiger charge is -2.21. The molecule has 138 valence electrons. The van der Waals surface area contributed by atoms with Crippen LogP contribution in [0.2, 0.25) is 5.02 Å². The van der Waals surface area contributed by atoms with Gasteiger partial charge in [0, 0.05) is 12.6 Å². The summed E-state index contributed by atoms with van der Waals surface area (Å²) in [6, 6.07) is 2.34. The summed E-state index contributed by atoms with van der Waals surface area (Å²) in [4.78, 5) is 11.3. The van der Waals surface area contributed by atoms with Gasteiger partial charge in [0.2, 0.25) is 15.9 Å². The van der Waals surface area contributed by atoms with E-state index in [2.05, 4.69) is 11.9 Å². The van der Waals surface area contributed by atoms with E-state index in [1.54, 1.807) is 0 Å². The zero-order valence-electron chi connectivity index (χ0n) is 13.0. The molecule has 0 heterocycles. The lowest BCUT2D eigenvalue weighted by atomic mass is 10.2. The van der Waals surface area contributed by atoms with E-state index in [-0.39, 0.29) is 12.6 Å². The molecule has 1 aliphatic rings. The van der Waals surface area contributed by atoms with E-state index in [9.17, 15) is 26.4 Å². The van der Waals surface area contributed by atoms with Crippen LogP contribution in [0.5, 0.6) is 0 Å². The number of benzene rings is 1. The number of sulfonamides is 1. The second-order valence-electron chi connectivity index (χ2n) is 5.57. The fourth-order valence-electron chi connectivity index (χ4n) is 2.08. The Kier molecular flexibility index (Phi) is 5.80. The van der Waals surface area contributed by atoms with Gasteiger partial charge < -0.3 is 5.32 Å². The largest absolute Gasteiger partial charge is 0.417 e. The number of nitrogens with zero attached hydrogens (tertiary/aromatic N) is 1. The van der Waals surface area contributed by atoms with E-state index >= 15 is 0 Å². The molecule has 1 aromatic rings. The number of rotatable bonds is 7. The Morgan fingerprint density at radius 2 is 2.04 bits per heavy atom. The Morgan fingerprint density at radius 3 is 2.56 bits per heavy atom. The minimum atomic E-state index is -4.80. The molecular formula is C15H16ClF3N2O3S. The van der Waals surface area contributed by atoms with Crippen molar-refractivity contribution in [3.63, 3.8) is 0 Å². The molecule has 1 amide bonds. The molecule has 0 saturated heterocycles. The van der Waals surface area contributed by atoms with Crippen molar-refractivity contribution in [3.05, 3.63) is 41.4 Å². The van der Waals surface area contributed by atoms with Gasteiger partial charge >= 0.3 is 6.18 Å². The molecule has 1 aliphatic carbocycles. The predicted octanol–water partition coefficient (Wildman–Crippen LogP) is 2.81. The van der Waals surface area contributed by atoms with Crippen LogP contribution < -0.4 is 5.32 Å². The van der Waals surface area contributed by atoms with Gasteiger partial charge in [-0.3, -0.25) is 4.79 Å². The quantitative estimate of drug-likeness (QED) is 0.721. The molecule has 10 heteroatoms. The molecule has 1 N–H and O–H groups in total. The minimum absolute atomic E-state index is 0.0353. The predicted molar refractivity (Wildman–Crippen MR) is 86.6 cm³/mol. The third-order valence-corrected chi connectivity index (χ3v) is 5.61. The van der Waals surface area contributed by atoms with Crippen LogP contribution in [-0.2, 0) is 21.0 Å². The first kappa shape index (κ1) is 19.7. The number of hydrogen-bond donors (Lipinski definition) is 1. The Bertz CT molecular complexity index is 777. The first-order chi connectivity index (χ1) is 11.6. The van der Waals surface area contributed by atoms with Crippen molar-refractivity contribution in [2.75, 3.05) is 13.1 Å². The number of carbonyl (C=O) groups excluding carboxylic acids is 1. The molecule has 2 rings (SSSR count). The van der Waals surface area contributed by atoms with Crippen LogP contribution in [0.25, 0.3) is 0 Å². The minimum Gasteiger partial charge on any atom is -0.352 e. The normalized spacial score (nSPS) is 15.2. The number of alkyl halides is 3. The highest BCUT2D eigenvalue weighted by Crippen LogP contribution is 2.36. The van der Waals surface area contributed by atoms with Gasteiger partial charge in [-0.05, 0) is 31.0 Å². The topological polar surface area (TPSA) is 66.5 Å². The van der Waals surface area contributed by atoms with Gasteiger partial charge in [0.05, 0.1) is 22.0 Å². The van der Waals surface area contributed by atoms with E-state index in [0.29, 0.717) is 6.07 Å². The van der Waals surface area contributed by atoms with Crippen molar-refractivity contribution < 1.29 is 26.4 Å². The van der Waals surface area contributed by atoms with Gasteiger partial charge in [-0.1, -0.05) is 17.7 Å². The standard InChI is InChI=1S/C15H16ClF3N2O3S/c1-2-7-21(9-14(22)20-10-3-4-10)25(23,24)11-5-6-13(16)12(8-11)15(17,18)19/h2,5-6,8,10H,1,3-4,7,9H2,(H,20,22). The van der Waals surface area contributed by atoms with Crippen LogP contribution >= 0.6 is 11.6 Å². The summed E-state index contributed by atoms with van der Waals surface area (Å²) in [5, 5.41) is 2.03. The van der Waals surface area contributed by atoms with Crippen molar-refractivity contribution in [2.45, 2.75) is 30.0 Å². The molecular weight excluding hydrogens is 381 g/mol. The number of amides is 1. The maximum atomic E-state index is 13.0. The zero-order valence-corrected chi connectivity index (χ0v) is 14.6. The van der Waals surface area contributed by atoms with E-state index in [1.165, 1.54) is 6.08 Å². The SMILES string of the molecule is C=CCN(CC(=O)NC1CC1)S(=O)(=O)c1ccc(Cl)c(C(F)(F)F)c1. The molecule has 0 aliphatic heterocycles. The van der Waals surface area contributed by atoms with Gasteiger partial charge in [-0.2, -0.15) is 17.5 Å². The maximum absolute atomic E-state index is 13.0. The summed E-state index contributed by atoms with van der Waals surface area (Å²) in [6.07, 6.45) is -1.89. The second kappa shape index (κ2) is 7.35. The lowest BCUT2D eigenvalue weighted by Crippen LogP contribution is -2.41. The van der Waals surface area contributed by atoms with E-state index in [0.717, 1.165) is 29.3 Å². The number of hydrogen-bond acceptors (Lipinski definition) is 3. The van der Waals surface area contributed by atoms with Crippen molar-refractivity contribution in [3.8, 4) is 0 Å². The third kappa shape index (κ3) is 4.96. The molecule has 0 spiro atoms. The molecule has 5 nitrogen and oxygen atoms in total. The molecule has 1 aromatic carbocycles. The van der Waals surface area contributed by atoms with Gasteiger partial charge in [0.25, 0.3) is 0 Å². The van der Waals surface area contributed by atoms with Gasteiger partial charge in [-0.15, -0.1) is 6.58 Å². The molecule has 0 aromatic heterocycles. The summed E-state index contributed by atoms with van der Waals surface area (Å²) in [7, 11) is -4.33. The van der Waals surface area contributed by atoms with Gasteiger partial charge in [0.1, 0.15) is 0 Å². The third-order valence-electron chi connectivity index (χ3n) is 3.48. The Labute approximate surface area is 148 Å². The van der Waals surface area contributed by atoms with E-state index in [4.69, 9.17) is 11.6 Å².